The summed E-state index contributed by atoms with van der Waals surface area (Å²) in [5.41, 5.74) is 1.50. The van der Waals surface area contributed by atoms with Crippen LogP contribution in [0.4, 0.5) is 0 Å². The summed E-state index contributed by atoms with van der Waals surface area (Å²) in [6.07, 6.45) is 44.9. The molecule has 0 bridgehead atoms. The zero-order chi connectivity index (χ0) is 33.6. The number of rotatable bonds is 32. The number of carbonyl (C=O) groups is 1. The number of hydrogen-bond donors (Lipinski definition) is 1. The van der Waals surface area contributed by atoms with Crippen molar-refractivity contribution >= 4 is 5.97 Å². The second kappa shape index (κ2) is 37.6. The highest BCUT2D eigenvalue weighted by molar-refractivity contribution is 5.64. The first kappa shape index (κ1) is 44.1. The SMILES string of the molecule is CCCCC/C=C\C/C=C\CCCCCCCC(=O)[O-].C[NH+](C)CCCCCCCCCCCCCCCCCc1ccccc1. The minimum absolute atomic E-state index is 0.213. The van der Waals surface area contributed by atoms with Crippen LogP contribution in [0.15, 0.2) is 54.6 Å². The van der Waals surface area contributed by atoms with Crippen LogP contribution >= 0.6 is 0 Å². The summed E-state index contributed by atoms with van der Waals surface area (Å²) in [7, 11) is 4.51. The lowest BCUT2D eigenvalue weighted by Gasteiger charge is -2.06. The van der Waals surface area contributed by atoms with E-state index in [4.69, 9.17) is 0 Å². The van der Waals surface area contributed by atoms with Gasteiger partial charge in [0.25, 0.3) is 0 Å². The van der Waals surface area contributed by atoms with E-state index >= 15 is 0 Å². The van der Waals surface area contributed by atoms with E-state index in [2.05, 4.69) is 75.7 Å². The number of quaternary nitrogens is 1. The third-order valence-corrected chi connectivity index (χ3v) is 8.82. The lowest BCUT2D eigenvalue weighted by Crippen LogP contribution is -3.05. The molecule has 0 aliphatic carbocycles. The van der Waals surface area contributed by atoms with Gasteiger partial charge in [-0.2, -0.15) is 0 Å². The van der Waals surface area contributed by atoms with Gasteiger partial charge < -0.3 is 14.8 Å². The molecular formula is C43H77NO2. The molecule has 0 saturated heterocycles. The van der Waals surface area contributed by atoms with Crippen molar-refractivity contribution in [1.82, 2.24) is 0 Å². The quantitative estimate of drug-likeness (QED) is 0.0630. The first-order chi connectivity index (χ1) is 22.6. The summed E-state index contributed by atoms with van der Waals surface area (Å²) >= 11 is 0. The summed E-state index contributed by atoms with van der Waals surface area (Å²) in [4.78, 5) is 11.8. The maximum Gasteiger partial charge on any atom is 0.0766 e. The van der Waals surface area contributed by atoms with E-state index in [0.717, 1.165) is 32.1 Å². The molecule has 1 rings (SSSR count). The number of carboxylic acids is 1. The maximum atomic E-state index is 10.2. The first-order valence-electron chi connectivity index (χ1n) is 19.9. The third-order valence-electron chi connectivity index (χ3n) is 8.82. The number of allylic oxidation sites excluding steroid dienone is 4. The maximum absolute atomic E-state index is 10.2. The second-order valence-electron chi connectivity index (χ2n) is 13.8. The topological polar surface area (TPSA) is 44.6 Å². The Hall–Kier alpha value is -1.87. The van der Waals surface area contributed by atoms with E-state index < -0.39 is 5.97 Å². The lowest BCUT2D eigenvalue weighted by atomic mass is 10.0. The number of carboxylic acid groups (broad SMARTS) is 1. The largest absolute Gasteiger partial charge is 0.550 e. The van der Waals surface area contributed by atoms with Gasteiger partial charge in [0, 0.05) is 5.97 Å². The summed E-state index contributed by atoms with van der Waals surface area (Å²) in [6, 6.07) is 10.9. The highest BCUT2D eigenvalue weighted by atomic mass is 16.4. The molecule has 1 aromatic rings. The van der Waals surface area contributed by atoms with Crippen molar-refractivity contribution in [3.05, 3.63) is 60.2 Å². The molecule has 3 nitrogen and oxygen atoms in total. The molecule has 0 aliphatic heterocycles. The van der Waals surface area contributed by atoms with E-state index in [1.54, 1.807) is 4.90 Å². The molecule has 0 fully saturated rings. The van der Waals surface area contributed by atoms with Gasteiger partial charge >= 0.3 is 0 Å². The molecule has 0 amide bonds. The van der Waals surface area contributed by atoms with Gasteiger partial charge in [0.05, 0.1) is 20.6 Å². The molecule has 266 valence electrons. The smallest absolute Gasteiger partial charge is 0.0766 e. The zero-order valence-corrected chi connectivity index (χ0v) is 31.0. The molecule has 0 unspecified atom stereocenters. The fourth-order valence-corrected chi connectivity index (χ4v) is 5.83. The molecule has 1 N–H and O–H groups in total. The van der Waals surface area contributed by atoms with E-state index in [-0.39, 0.29) is 6.42 Å². The first-order valence-corrected chi connectivity index (χ1v) is 19.9. The van der Waals surface area contributed by atoms with Gasteiger partial charge in [-0.15, -0.1) is 0 Å². The van der Waals surface area contributed by atoms with Gasteiger partial charge in [-0.3, -0.25) is 0 Å². The Balaban J connectivity index is 0.000000914. The monoisotopic (exact) mass is 640 g/mol. The Morgan fingerprint density at radius 3 is 1.48 bits per heavy atom. The van der Waals surface area contributed by atoms with Crippen LogP contribution in [-0.4, -0.2) is 26.6 Å². The molecule has 0 aliphatic rings. The van der Waals surface area contributed by atoms with E-state index in [9.17, 15) is 9.90 Å². The predicted molar refractivity (Wildman–Crippen MR) is 201 cm³/mol. The van der Waals surface area contributed by atoms with Crippen molar-refractivity contribution in [2.24, 2.45) is 0 Å². The van der Waals surface area contributed by atoms with Crippen molar-refractivity contribution in [2.75, 3.05) is 20.6 Å². The highest BCUT2D eigenvalue weighted by Gasteiger charge is 1.97. The minimum Gasteiger partial charge on any atom is -0.550 e. The molecule has 1 aromatic carbocycles. The van der Waals surface area contributed by atoms with Gasteiger partial charge in [-0.25, -0.2) is 0 Å². The fourth-order valence-electron chi connectivity index (χ4n) is 5.83. The Morgan fingerprint density at radius 2 is 1.00 bits per heavy atom. The summed E-state index contributed by atoms with van der Waals surface area (Å²) in [6.45, 7) is 3.57. The van der Waals surface area contributed by atoms with Crippen LogP contribution in [-0.2, 0) is 11.2 Å². The van der Waals surface area contributed by atoms with Crippen LogP contribution in [0.1, 0.15) is 186 Å². The zero-order valence-electron chi connectivity index (χ0n) is 31.0. The summed E-state index contributed by atoms with van der Waals surface area (Å²) in [5.74, 6) is -0.921. The normalized spacial score (nSPS) is 11.5. The van der Waals surface area contributed by atoms with Gasteiger partial charge in [0.15, 0.2) is 0 Å². The molecule has 0 spiro atoms. The Bertz CT molecular complexity index is 785. The average Bonchev–Trinajstić information content (AvgIpc) is 3.05. The molecule has 0 aromatic heterocycles. The molecule has 0 saturated carbocycles. The minimum atomic E-state index is -0.921. The summed E-state index contributed by atoms with van der Waals surface area (Å²) < 4.78 is 0. The molecular weight excluding hydrogens is 562 g/mol. The van der Waals surface area contributed by atoms with E-state index in [1.807, 2.05) is 0 Å². The van der Waals surface area contributed by atoms with Crippen molar-refractivity contribution in [1.29, 1.82) is 0 Å². The van der Waals surface area contributed by atoms with Gasteiger partial charge in [-0.05, 0) is 76.2 Å². The number of benzene rings is 1. The number of nitrogens with one attached hydrogen (secondary N) is 1. The Morgan fingerprint density at radius 1 is 0.565 bits per heavy atom. The van der Waals surface area contributed by atoms with Crippen LogP contribution in [0.5, 0.6) is 0 Å². The number of aryl methyl sites for hydroxylation is 1. The molecule has 0 atom stereocenters. The number of carbonyl (C=O) groups excluding carboxylic acids is 1. The van der Waals surface area contributed by atoms with Crippen LogP contribution < -0.4 is 10.0 Å². The van der Waals surface area contributed by atoms with Crippen molar-refractivity contribution in [3.63, 3.8) is 0 Å². The van der Waals surface area contributed by atoms with Gasteiger partial charge in [0.2, 0.25) is 0 Å². The van der Waals surface area contributed by atoms with Gasteiger partial charge in [-0.1, -0.05) is 171 Å². The molecule has 0 heterocycles. The van der Waals surface area contributed by atoms with Crippen molar-refractivity contribution in [2.45, 2.75) is 187 Å². The van der Waals surface area contributed by atoms with Crippen LogP contribution in [0.3, 0.4) is 0 Å². The highest BCUT2D eigenvalue weighted by Crippen LogP contribution is 2.14. The Labute approximate surface area is 287 Å². The number of hydrogen-bond acceptors (Lipinski definition) is 2. The van der Waals surface area contributed by atoms with E-state index in [0.29, 0.717) is 0 Å². The summed E-state index contributed by atoms with van der Waals surface area (Å²) in [5, 5.41) is 10.2. The van der Waals surface area contributed by atoms with Gasteiger partial charge in [0.1, 0.15) is 0 Å². The Kier molecular flexibility index (Phi) is 36.1. The molecule has 46 heavy (non-hydrogen) atoms. The van der Waals surface area contributed by atoms with Crippen LogP contribution in [0, 0.1) is 0 Å². The lowest BCUT2D eigenvalue weighted by molar-refractivity contribution is -0.858. The third kappa shape index (κ3) is 38.3. The number of unbranched alkanes of at least 4 members (excludes halogenated alkanes) is 22. The van der Waals surface area contributed by atoms with Crippen LogP contribution in [0.25, 0.3) is 0 Å². The van der Waals surface area contributed by atoms with Crippen molar-refractivity contribution < 1.29 is 14.8 Å². The standard InChI is InChI=1S/C25H45N.C18H32O2/c1-26(2)24-20-15-13-11-9-7-5-3-4-6-8-10-12-14-17-21-25-22-18-16-19-23-25;1-2-3-4-5-6-7-8-9-10-11-12-13-14-15-16-17-18(19)20/h16,18-19,22-23H,3-15,17,20-21,24H2,1-2H3;6-7,9-10H,2-5,8,11-17H2,1H3,(H,19,20)/b;7-6-,10-9-. The van der Waals surface area contributed by atoms with E-state index in [1.165, 1.54) is 153 Å². The second-order valence-corrected chi connectivity index (χ2v) is 13.8. The number of aliphatic carboxylic acids is 1. The predicted octanol–water partition coefficient (Wildman–Crippen LogP) is 10.8. The molecule has 3 heteroatoms. The molecule has 0 radical (unpaired) electrons. The fraction of sp³-hybridized carbons (Fsp3) is 0.744. The van der Waals surface area contributed by atoms with Crippen molar-refractivity contribution in [3.8, 4) is 0 Å². The van der Waals surface area contributed by atoms with Crippen LogP contribution in [0.2, 0.25) is 0 Å². The average molecular weight is 640 g/mol.